The molecule has 0 radical (unpaired) electrons. The third-order valence-corrected chi connectivity index (χ3v) is 5.32. The molecule has 2 aromatic rings. The van der Waals surface area contributed by atoms with Crippen molar-refractivity contribution < 1.29 is 24.2 Å². The van der Waals surface area contributed by atoms with E-state index < -0.39 is 29.1 Å². The molecule has 2 rings (SSSR count). The first kappa shape index (κ1) is 26.4. The van der Waals surface area contributed by atoms with Crippen LogP contribution in [0.3, 0.4) is 0 Å². The third-order valence-electron chi connectivity index (χ3n) is 5.32. The highest BCUT2D eigenvalue weighted by Crippen LogP contribution is 2.27. The summed E-state index contributed by atoms with van der Waals surface area (Å²) in [6.45, 7) is 10.7. The number of esters is 1. The van der Waals surface area contributed by atoms with Crippen LogP contribution in [-0.4, -0.2) is 42.0 Å². The smallest absolute Gasteiger partial charge is 0.407 e. The zero-order valence-electron chi connectivity index (χ0n) is 20.6. The van der Waals surface area contributed by atoms with Crippen molar-refractivity contribution in [2.75, 3.05) is 13.2 Å². The molecule has 0 aromatic heterocycles. The zero-order chi connectivity index (χ0) is 24.6. The van der Waals surface area contributed by atoms with Gasteiger partial charge in [-0.1, -0.05) is 54.1 Å². The molecule has 0 heterocycles. The summed E-state index contributed by atoms with van der Waals surface area (Å²) < 4.78 is 10.6. The SMILES string of the molecule is CCOC(=O)[C@](C)(CO)C[C@@H](Cc1ccc(-c2cccc(C)c2)cc1)NC(=O)OC(C)(C)C. The zero-order valence-corrected chi connectivity index (χ0v) is 20.6. The quantitative estimate of drug-likeness (QED) is 0.517. The first-order valence-electron chi connectivity index (χ1n) is 11.4. The molecule has 33 heavy (non-hydrogen) atoms. The van der Waals surface area contributed by atoms with Crippen molar-refractivity contribution in [1.82, 2.24) is 5.32 Å². The molecule has 0 aliphatic heterocycles. The molecule has 2 aromatic carbocycles. The van der Waals surface area contributed by atoms with Gasteiger partial charge in [0, 0.05) is 6.04 Å². The molecule has 1 amide bonds. The minimum Gasteiger partial charge on any atom is -0.466 e. The largest absolute Gasteiger partial charge is 0.466 e. The molecule has 2 N–H and O–H groups in total. The van der Waals surface area contributed by atoms with Crippen molar-refractivity contribution >= 4 is 12.1 Å². The molecule has 0 bridgehead atoms. The maximum absolute atomic E-state index is 12.5. The van der Waals surface area contributed by atoms with E-state index >= 15 is 0 Å². The lowest BCUT2D eigenvalue weighted by Crippen LogP contribution is -2.46. The number of aliphatic hydroxyl groups excluding tert-OH is 1. The summed E-state index contributed by atoms with van der Waals surface area (Å²) in [5.74, 6) is -0.488. The second kappa shape index (κ2) is 11.3. The van der Waals surface area contributed by atoms with Crippen LogP contribution in [0.15, 0.2) is 48.5 Å². The fourth-order valence-corrected chi connectivity index (χ4v) is 3.65. The van der Waals surface area contributed by atoms with Crippen LogP contribution in [0.1, 0.15) is 52.2 Å². The average molecular weight is 456 g/mol. The van der Waals surface area contributed by atoms with Crippen molar-refractivity contribution in [1.29, 1.82) is 0 Å². The Hall–Kier alpha value is -2.86. The summed E-state index contributed by atoms with van der Waals surface area (Å²) >= 11 is 0. The van der Waals surface area contributed by atoms with E-state index in [-0.39, 0.29) is 19.6 Å². The highest BCUT2D eigenvalue weighted by Gasteiger charge is 2.37. The molecule has 180 valence electrons. The molecule has 6 nitrogen and oxygen atoms in total. The highest BCUT2D eigenvalue weighted by atomic mass is 16.6. The molecule has 0 aliphatic carbocycles. The predicted molar refractivity (Wildman–Crippen MR) is 130 cm³/mol. The minimum absolute atomic E-state index is 0.210. The van der Waals surface area contributed by atoms with E-state index in [1.807, 2.05) is 30.3 Å². The number of carbonyl (C=O) groups excluding carboxylic acids is 2. The molecule has 2 atom stereocenters. The van der Waals surface area contributed by atoms with Crippen LogP contribution in [-0.2, 0) is 20.7 Å². The Labute approximate surface area is 197 Å². The van der Waals surface area contributed by atoms with E-state index in [1.165, 1.54) is 5.56 Å². The summed E-state index contributed by atoms with van der Waals surface area (Å²) in [5.41, 5.74) is 2.64. The fraction of sp³-hybridized carbons (Fsp3) is 0.481. The number of alkyl carbamates (subject to hydrolysis) is 1. The number of hydrogen-bond acceptors (Lipinski definition) is 5. The maximum Gasteiger partial charge on any atom is 0.407 e. The third kappa shape index (κ3) is 8.21. The van der Waals surface area contributed by atoms with Crippen molar-refractivity contribution in [3.05, 3.63) is 59.7 Å². The minimum atomic E-state index is -1.14. The Morgan fingerprint density at radius 1 is 1.03 bits per heavy atom. The first-order chi connectivity index (χ1) is 15.5. The Kier molecular flexibility index (Phi) is 9.06. The lowest BCUT2D eigenvalue weighted by atomic mass is 9.82. The van der Waals surface area contributed by atoms with E-state index in [1.54, 1.807) is 34.6 Å². The number of carbonyl (C=O) groups is 2. The number of ether oxygens (including phenoxy) is 2. The molecule has 6 heteroatoms. The van der Waals surface area contributed by atoms with Gasteiger partial charge in [0.05, 0.1) is 18.6 Å². The lowest BCUT2D eigenvalue weighted by Gasteiger charge is -2.31. The highest BCUT2D eigenvalue weighted by molar-refractivity contribution is 5.77. The van der Waals surface area contributed by atoms with E-state index in [0.29, 0.717) is 6.42 Å². The van der Waals surface area contributed by atoms with Crippen molar-refractivity contribution in [3.63, 3.8) is 0 Å². The Balaban J connectivity index is 2.23. The van der Waals surface area contributed by atoms with E-state index in [2.05, 4.69) is 30.4 Å². The number of nitrogens with one attached hydrogen (secondary N) is 1. The second-order valence-electron chi connectivity index (χ2n) is 9.76. The van der Waals surface area contributed by atoms with E-state index in [4.69, 9.17) is 9.47 Å². The monoisotopic (exact) mass is 455 g/mol. The predicted octanol–water partition coefficient (Wildman–Crippen LogP) is 5.05. The van der Waals surface area contributed by atoms with Crippen molar-refractivity contribution in [3.8, 4) is 11.1 Å². The Morgan fingerprint density at radius 2 is 1.70 bits per heavy atom. The molecule has 0 fully saturated rings. The number of amides is 1. The number of aliphatic hydroxyl groups is 1. The van der Waals surface area contributed by atoms with Gasteiger partial charge in [0.15, 0.2) is 0 Å². The summed E-state index contributed by atoms with van der Waals surface area (Å²) in [4.78, 5) is 25.0. The van der Waals surface area contributed by atoms with Crippen molar-refractivity contribution in [2.45, 2.75) is 66.0 Å². The van der Waals surface area contributed by atoms with Gasteiger partial charge in [-0.15, -0.1) is 0 Å². The number of rotatable bonds is 9. The second-order valence-corrected chi connectivity index (χ2v) is 9.76. The van der Waals surface area contributed by atoms with Gasteiger partial charge in [0.25, 0.3) is 0 Å². The van der Waals surface area contributed by atoms with Gasteiger partial charge in [-0.3, -0.25) is 4.79 Å². The van der Waals surface area contributed by atoms with Crippen molar-refractivity contribution in [2.24, 2.45) is 5.41 Å². The molecule has 0 saturated carbocycles. The van der Waals surface area contributed by atoms with E-state index in [9.17, 15) is 14.7 Å². The number of aryl methyl sites for hydroxylation is 1. The van der Waals surface area contributed by atoms with Crippen LogP contribution in [0.4, 0.5) is 4.79 Å². The molecule has 0 aliphatic rings. The van der Waals surface area contributed by atoms with Crippen LogP contribution in [0.25, 0.3) is 11.1 Å². The molecular formula is C27H37NO5. The standard InChI is InChI=1S/C27H37NO5/c1-7-32-24(30)27(6,18-29)17-23(28-25(31)33-26(3,4)5)16-20-11-13-21(14-12-20)22-10-8-9-19(2)15-22/h8-15,23,29H,7,16-18H2,1-6H3,(H,28,31)/t23-,27+/m1/s1. The lowest BCUT2D eigenvalue weighted by molar-refractivity contribution is -0.157. The summed E-state index contributed by atoms with van der Waals surface area (Å²) in [6.07, 6.45) is 0.122. The Morgan fingerprint density at radius 3 is 2.24 bits per heavy atom. The molecule has 0 spiro atoms. The fourth-order valence-electron chi connectivity index (χ4n) is 3.65. The van der Waals surface area contributed by atoms with Gasteiger partial charge in [-0.05, 0) is 71.1 Å². The van der Waals surface area contributed by atoms with Crippen LogP contribution in [0.5, 0.6) is 0 Å². The molecular weight excluding hydrogens is 418 g/mol. The number of benzene rings is 2. The van der Waals surface area contributed by atoms with Crippen LogP contribution in [0.2, 0.25) is 0 Å². The van der Waals surface area contributed by atoms with E-state index in [0.717, 1.165) is 16.7 Å². The van der Waals surface area contributed by atoms with Crippen LogP contribution >= 0.6 is 0 Å². The van der Waals surface area contributed by atoms with Gasteiger partial charge < -0.3 is 19.9 Å². The first-order valence-corrected chi connectivity index (χ1v) is 11.4. The van der Waals surface area contributed by atoms with Crippen LogP contribution in [0, 0.1) is 12.3 Å². The molecule has 0 saturated heterocycles. The number of hydrogen-bond donors (Lipinski definition) is 2. The normalized spacial score (nSPS) is 14.2. The maximum atomic E-state index is 12.5. The van der Waals surface area contributed by atoms with Gasteiger partial charge in [0.1, 0.15) is 5.60 Å². The summed E-state index contributed by atoms with van der Waals surface area (Å²) in [7, 11) is 0. The average Bonchev–Trinajstić information content (AvgIpc) is 2.73. The molecule has 0 unspecified atom stereocenters. The van der Waals surface area contributed by atoms with Gasteiger partial charge in [-0.25, -0.2) is 4.79 Å². The summed E-state index contributed by atoms with van der Waals surface area (Å²) in [6, 6.07) is 16.0. The van der Waals surface area contributed by atoms with Crippen LogP contribution < -0.4 is 5.32 Å². The van der Waals surface area contributed by atoms with Gasteiger partial charge >= 0.3 is 12.1 Å². The topological polar surface area (TPSA) is 84.9 Å². The Bertz CT molecular complexity index is 932. The summed E-state index contributed by atoms with van der Waals surface area (Å²) in [5, 5.41) is 12.8. The van der Waals surface area contributed by atoms with Gasteiger partial charge in [0.2, 0.25) is 0 Å². The van der Waals surface area contributed by atoms with Gasteiger partial charge in [-0.2, -0.15) is 0 Å².